The van der Waals surface area contributed by atoms with E-state index in [0.717, 1.165) is 0 Å². The van der Waals surface area contributed by atoms with E-state index in [1.807, 2.05) is 30.3 Å². The molecule has 1 unspecified atom stereocenters. The highest BCUT2D eigenvalue weighted by Gasteiger charge is 2.40. The fraction of sp³-hybridized carbons (Fsp3) is 0.0526. The third-order valence-corrected chi connectivity index (χ3v) is 8.78. The quantitative estimate of drug-likeness (QED) is 0.0467. The van der Waals surface area contributed by atoms with Crippen LogP contribution in [0.4, 0.5) is 28.4 Å². The van der Waals surface area contributed by atoms with Gasteiger partial charge in [0, 0.05) is 34.7 Å². The molecule has 1 atom stereocenters. The van der Waals surface area contributed by atoms with Crippen LogP contribution in [-0.2, 0) is 14.4 Å². The van der Waals surface area contributed by atoms with Crippen LogP contribution in [0.25, 0.3) is 6.08 Å². The van der Waals surface area contributed by atoms with Gasteiger partial charge in [-0.15, -0.1) is 11.8 Å². The largest absolute Gasteiger partial charge is 0.321 e. The molecule has 0 bridgehead atoms. The predicted molar refractivity (Wildman–Crippen MR) is 194 cm³/mol. The van der Waals surface area contributed by atoms with Crippen LogP contribution in [0.5, 0.6) is 0 Å². The van der Waals surface area contributed by atoms with Crippen molar-refractivity contribution in [2.75, 3.05) is 10.2 Å². The molecule has 1 fully saturated rings. The number of anilines is 2. The van der Waals surface area contributed by atoms with Crippen LogP contribution in [0, 0.1) is 10.1 Å². The molecular formula is C38H28N6O6S. The van der Waals surface area contributed by atoms with E-state index >= 15 is 0 Å². The van der Waals surface area contributed by atoms with Gasteiger partial charge in [-0.05, 0) is 96.6 Å². The molecule has 1 aliphatic rings. The lowest BCUT2D eigenvalue weighted by atomic mass is 10.1. The van der Waals surface area contributed by atoms with E-state index in [1.54, 1.807) is 78.9 Å². The smallest absolute Gasteiger partial charge is 0.272 e. The van der Waals surface area contributed by atoms with Crippen LogP contribution in [0.1, 0.15) is 22.3 Å². The van der Waals surface area contributed by atoms with Gasteiger partial charge in [0.2, 0.25) is 11.8 Å². The minimum Gasteiger partial charge on any atom is -0.321 e. The molecule has 0 aliphatic carbocycles. The zero-order valence-corrected chi connectivity index (χ0v) is 27.5. The Morgan fingerprint density at radius 2 is 1.39 bits per heavy atom. The van der Waals surface area contributed by atoms with E-state index < -0.39 is 22.0 Å². The molecule has 13 heteroatoms. The van der Waals surface area contributed by atoms with Gasteiger partial charge in [0.05, 0.1) is 27.2 Å². The van der Waals surface area contributed by atoms with Crippen molar-refractivity contribution in [2.24, 2.45) is 10.2 Å². The summed E-state index contributed by atoms with van der Waals surface area (Å²) in [6.07, 6.45) is 1.44. The second-order valence-corrected chi connectivity index (χ2v) is 12.4. The number of nitrogens with zero attached hydrogens (tertiary/aromatic N) is 4. The standard InChI is InChI=1S/C38H28N6O6S/c45-35-24-34(38(48)43(35)30-19-13-29(14-20-30)42-41-28-9-5-2-6-10-28)51-32-21-15-27(16-22-32)39-37(47)33(40-36(46)26-7-3-1-4-8-26)23-25-11-17-31(18-12-25)44(49)50/h1-23,34H,24H2,(H,39,47)(H,40,46)/b33-23-,42-41?. The Morgan fingerprint density at radius 3 is 2.02 bits per heavy atom. The van der Waals surface area contributed by atoms with Crippen LogP contribution in [0.2, 0.25) is 0 Å². The van der Waals surface area contributed by atoms with Gasteiger partial charge in [0.25, 0.3) is 17.5 Å². The van der Waals surface area contributed by atoms with E-state index in [2.05, 4.69) is 20.9 Å². The van der Waals surface area contributed by atoms with E-state index in [1.165, 1.54) is 47.0 Å². The average molecular weight is 697 g/mol. The number of azo groups is 1. The Balaban J connectivity index is 1.10. The second-order valence-electron chi connectivity index (χ2n) is 11.1. The average Bonchev–Trinajstić information content (AvgIpc) is 3.43. The highest BCUT2D eigenvalue weighted by Crippen LogP contribution is 2.35. The van der Waals surface area contributed by atoms with Crippen molar-refractivity contribution < 1.29 is 24.1 Å². The lowest BCUT2D eigenvalue weighted by Crippen LogP contribution is -2.31. The van der Waals surface area contributed by atoms with Crippen molar-refractivity contribution in [3.8, 4) is 0 Å². The normalized spacial score (nSPS) is 14.5. The molecule has 0 spiro atoms. The Morgan fingerprint density at radius 1 is 0.784 bits per heavy atom. The molecule has 252 valence electrons. The maximum atomic E-state index is 13.4. The van der Waals surface area contributed by atoms with Crippen molar-refractivity contribution in [3.05, 3.63) is 160 Å². The molecule has 1 heterocycles. The maximum absolute atomic E-state index is 13.4. The maximum Gasteiger partial charge on any atom is 0.272 e. The number of non-ortho nitro benzene ring substituents is 1. The van der Waals surface area contributed by atoms with Crippen molar-refractivity contribution in [2.45, 2.75) is 16.6 Å². The van der Waals surface area contributed by atoms with Gasteiger partial charge in [-0.25, -0.2) is 4.90 Å². The number of hydrogen-bond donors (Lipinski definition) is 2. The van der Waals surface area contributed by atoms with Gasteiger partial charge < -0.3 is 10.6 Å². The molecule has 6 rings (SSSR count). The third-order valence-electron chi connectivity index (χ3n) is 7.58. The zero-order valence-electron chi connectivity index (χ0n) is 26.7. The summed E-state index contributed by atoms with van der Waals surface area (Å²) < 4.78 is 0. The molecule has 0 aromatic heterocycles. The van der Waals surface area contributed by atoms with Gasteiger partial charge >= 0.3 is 0 Å². The lowest BCUT2D eigenvalue weighted by molar-refractivity contribution is -0.384. The molecular weight excluding hydrogens is 669 g/mol. The highest BCUT2D eigenvalue weighted by atomic mass is 32.2. The van der Waals surface area contributed by atoms with Gasteiger partial charge in [-0.2, -0.15) is 10.2 Å². The molecule has 1 saturated heterocycles. The van der Waals surface area contributed by atoms with Crippen molar-refractivity contribution in [1.82, 2.24) is 5.32 Å². The van der Waals surface area contributed by atoms with E-state index in [-0.39, 0.29) is 29.6 Å². The number of hydrogen-bond acceptors (Lipinski definition) is 9. The summed E-state index contributed by atoms with van der Waals surface area (Å²) in [5, 5.41) is 24.2. The van der Waals surface area contributed by atoms with Crippen molar-refractivity contribution in [1.29, 1.82) is 0 Å². The number of amides is 4. The first-order valence-electron chi connectivity index (χ1n) is 15.6. The van der Waals surface area contributed by atoms with Crippen LogP contribution in [0.3, 0.4) is 0 Å². The Bertz CT molecular complexity index is 2140. The van der Waals surface area contributed by atoms with Crippen molar-refractivity contribution >= 4 is 69.9 Å². The van der Waals surface area contributed by atoms with Crippen LogP contribution < -0.4 is 15.5 Å². The topological polar surface area (TPSA) is 163 Å². The first-order valence-corrected chi connectivity index (χ1v) is 16.5. The molecule has 5 aromatic rings. The summed E-state index contributed by atoms with van der Waals surface area (Å²) in [5.41, 5.74) is 2.73. The molecule has 51 heavy (non-hydrogen) atoms. The number of carbonyl (C=O) groups is 4. The van der Waals surface area contributed by atoms with Gasteiger partial charge in [0.15, 0.2) is 0 Å². The van der Waals surface area contributed by atoms with E-state index in [0.29, 0.717) is 38.8 Å². The van der Waals surface area contributed by atoms with Gasteiger partial charge in [0.1, 0.15) is 5.70 Å². The lowest BCUT2D eigenvalue weighted by Gasteiger charge is -2.15. The zero-order chi connectivity index (χ0) is 35.7. The minimum atomic E-state index is -0.639. The number of rotatable bonds is 11. The molecule has 12 nitrogen and oxygen atoms in total. The summed E-state index contributed by atoms with van der Waals surface area (Å²) >= 11 is 1.24. The molecule has 2 N–H and O–H groups in total. The Hall–Kier alpha value is -6.73. The minimum absolute atomic E-state index is 0.0232. The number of thioether (sulfide) groups is 1. The summed E-state index contributed by atoms with van der Waals surface area (Å²) in [6.45, 7) is 0. The number of nitrogens with one attached hydrogen (secondary N) is 2. The summed E-state index contributed by atoms with van der Waals surface area (Å²) in [5.74, 6) is -1.79. The fourth-order valence-electron chi connectivity index (χ4n) is 5.03. The summed E-state index contributed by atoms with van der Waals surface area (Å²) in [7, 11) is 0. The number of nitro groups is 1. The number of imide groups is 1. The number of benzene rings is 5. The Labute approximate surface area is 296 Å². The molecule has 1 aliphatic heterocycles. The molecule has 0 saturated carbocycles. The molecule has 5 aromatic carbocycles. The first kappa shape index (κ1) is 34.1. The predicted octanol–water partition coefficient (Wildman–Crippen LogP) is 7.84. The fourth-order valence-corrected chi connectivity index (χ4v) is 6.08. The van der Waals surface area contributed by atoms with E-state index in [4.69, 9.17) is 0 Å². The number of carbonyl (C=O) groups excluding carboxylic acids is 4. The Kier molecular flexibility index (Phi) is 10.5. The van der Waals surface area contributed by atoms with E-state index in [9.17, 15) is 29.3 Å². The summed E-state index contributed by atoms with van der Waals surface area (Å²) in [4.78, 5) is 64.9. The van der Waals surface area contributed by atoms with Crippen LogP contribution in [-0.4, -0.2) is 33.8 Å². The van der Waals surface area contributed by atoms with Crippen molar-refractivity contribution in [3.63, 3.8) is 0 Å². The third kappa shape index (κ3) is 8.66. The van der Waals surface area contributed by atoms with Crippen LogP contribution in [0.15, 0.2) is 154 Å². The van der Waals surface area contributed by atoms with Gasteiger partial charge in [-0.3, -0.25) is 29.3 Å². The SMILES string of the molecule is O=C(Nc1ccc(SC2CC(=O)N(c3ccc(N=Nc4ccccc4)cc3)C2=O)cc1)/C(=C/c1ccc([N+](=O)[O-])cc1)NC(=O)c1ccccc1. The first-order chi connectivity index (χ1) is 24.7. The van der Waals surface area contributed by atoms with Crippen LogP contribution >= 0.6 is 11.8 Å². The molecule has 4 amide bonds. The summed E-state index contributed by atoms with van der Waals surface area (Å²) in [6, 6.07) is 36.6. The molecule has 0 radical (unpaired) electrons. The highest BCUT2D eigenvalue weighted by molar-refractivity contribution is 8.00. The number of nitro benzene ring substituents is 1. The second kappa shape index (κ2) is 15.7. The van der Waals surface area contributed by atoms with Gasteiger partial charge in [-0.1, -0.05) is 36.4 Å². The monoisotopic (exact) mass is 696 g/mol.